The molecule has 6 heteroatoms. The van der Waals surface area contributed by atoms with Gasteiger partial charge in [0, 0.05) is 6.04 Å². The van der Waals surface area contributed by atoms with Crippen molar-refractivity contribution in [3.63, 3.8) is 0 Å². The summed E-state index contributed by atoms with van der Waals surface area (Å²) < 4.78 is 17.9. The first-order valence-electron chi connectivity index (χ1n) is 6.56. The van der Waals surface area contributed by atoms with Crippen molar-refractivity contribution >= 4 is 11.9 Å². The third-order valence-corrected chi connectivity index (χ3v) is 2.74. The van der Waals surface area contributed by atoms with E-state index in [4.69, 9.17) is 10.5 Å². The molecule has 0 spiro atoms. The highest BCUT2D eigenvalue weighted by molar-refractivity contribution is 5.95. The summed E-state index contributed by atoms with van der Waals surface area (Å²) in [6, 6.07) is 4.56. The molecule has 0 aliphatic carbocycles. The Hall–Kier alpha value is -1.95. The molecule has 0 fully saturated rings. The standard InChI is InChI=1S/C15H20FNO4/c1-15(2,3)21-14(20)12(13(18)19)11(17)8-9-4-6-10(16)7-5-9/h4-7,11-12H,8,17H2,1-3H3,(H,18,19)/t11?,12-/m0/s1. The van der Waals surface area contributed by atoms with Crippen molar-refractivity contribution in [2.75, 3.05) is 0 Å². The molecule has 0 saturated heterocycles. The van der Waals surface area contributed by atoms with Gasteiger partial charge in [-0.3, -0.25) is 9.59 Å². The maximum atomic E-state index is 12.8. The summed E-state index contributed by atoms with van der Waals surface area (Å²) in [5.74, 6) is -4.06. The predicted octanol–water partition coefficient (Wildman–Crippen LogP) is 1.74. The van der Waals surface area contributed by atoms with Gasteiger partial charge in [-0.15, -0.1) is 0 Å². The number of carboxylic acids is 1. The van der Waals surface area contributed by atoms with Gasteiger partial charge in [0.15, 0.2) is 5.92 Å². The van der Waals surface area contributed by atoms with E-state index in [9.17, 15) is 19.1 Å². The smallest absolute Gasteiger partial charge is 0.322 e. The molecule has 0 aromatic heterocycles. The molecule has 0 aliphatic heterocycles. The lowest BCUT2D eigenvalue weighted by atomic mass is 9.94. The fourth-order valence-corrected chi connectivity index (χ4v) is 1.83. The van der Waals surface area contributed by atoms with Gasteiger partial charge in [-0.2, -0.15) is 0 Å². The van der Waals surface area contributed by atoms with Crippen LogP contribution in [0, 0.1) is 11.7 Å². The molecule has 3 N–H and O–H groups in total. The van der Waals surface area contributed by atoms with E-state index in [0.717, 1.165) is 0 Å². The predicted molar refractivity (Wildman–Crippen MR) is 75.1 cm³/mol. The second kappa shape index (κ2) is 6.67. The number of carboxylic acid groups (broad SMARTS) is 1. The number of ether oxygens (including phenoxy) is 1. The van der Waals surface area contributed by atoms with E-state index in [0.29, 0.717) is 5.56 Å². The molecule has 0 bridgehead atoms. The quantitative estimate of drug-likeness (QED) is 0.638. The van der Waals surface area contributed by atoms with Crippen LogP contribution in [0.2, 0.25) is 0 Å². The van der Waals surface area contributed by atoms with E-state index in [1.165, 1.54) is 24.3 Å². The van der Waals surface area contributed by atoms with Crippen LogP contribution in [-0.4, -0.2) is 28.7 Å². The zero-order valence-corrected chi connectivity index (χ0v) is 12.3. The molecule has 0 aliphatic rings. The fraction of sp³-hybridized carbons (Fsp3) is 0.467. The number of hydrogen-bond acceptors (Lipinski definition) is 4. The largest absolute Gasteiger partial charge is 0.481 e. The molecule has 5 nitrogen and oxygen atoms in total. The van der Waals surface area contributed by atoms with Crippen LogP contribution in [0.1, 0.15) is 26.3 Å². The van der Waals surface area contributed by atoms with Crippen LogP contribution in [0.25, 0.3) is 0 Å². The van der Waals surface area contributed by atoms with E-state index in [2.05, 4.69) is 0 Å². The second-order valence-electron chi connectivity index (χ2n) is 5.84. The van der Waals surface area contributed by atoms with E-state index < -0.39 is 35.3 Å². The van der Waals surface area contributed by atoms with Gasteiger partial charge in [0.2, 0.25) is 0 Å². The first-order chi connectivity index (χ1) is 9.60. The summed E-state index contributed by atoms with van der Waals surface area (Å²) in [7, 11) is 0. The first-order valence-corrected chi connectivity index (χ1v) is 6.56. The number of nitrogens with two attached hydrogens (primary N) is 1. The van der Waals surface area contributed by atoms with Crippen molar-refractivity contribution in [2.24, 2.45) is 11.7 Å². The van der Waals surface area contributed by atoms with E-state index >= 15 is 0 Å². The van der Waals surface area contributed by atoms with Crippen molar-refractivity contribution in [3.05, 3.63) is 35.6 Å². The molecule has 0 amide bonds. The number of benzene rings is 1. The van der Waals surface area contributed by atoms with Crippen LogP contribution < -0.4 is 5.73 Å². The minimum absolute atomic E-state index is 0.135. The summed E-state index contributed by atoms with van der Waals surface area (Å²) in [4.78, 5) is 23.2. The Labute approximate surface area is 122 Å². The maximum absolute atomic E-state index is 12.8. The van der Waals surface area contributed by atoms with Crippen molar-refractivity contribution in [1.29, 1.82) is 0 Å². The number of hydrogen-bond donors (Lipinski definition) is 2. The Morgan fingerprint density at radius 3 is 2.24 bits per heavy atom. The number of rotatable bonds is 5. The van der Waals surface area contributed by atoms with E-state index in [-0.39, 0.29) is 6.42 Å². The van der Waals surface area contributed by atoms with Gasteiger partial charge >= 0.3 is 11.9 Å². The van der Waals surface area contributed by atoms with Crippen molar-refractivity contribution in [3.8, 4) is 0 Å². The van der Waals surface area contributed by atoms with Crippen LogP contribution in [0.4, 0.5) is 4.39 Å². The molecule has 2 atom stereocenters. The molecule has 116 valence electrons. The highest BCUT2D eigenvalue weighted by Gasteiger charge is 2.36. The van der Waals surface area contributed by atoms with Gasteiger partial charge in [0.05, 0.1) is 0 Å². The fourth-order valence-electron chi connectivity index (χ4n) is 1.83. The van der Waals surface area contributed by atoms with Crippen LogP contribution in [0.5, 0.6) is 0 Å². The molecule has 21 heavy (non-hydrogen) atoms. The summed E-state index contributed by atoms with van der Waals surface area (Å²) in [5.41, 5.74) is 5.69. The lowest BCUT2D eigenvalue weighted by Gasteiger charge is -2.25. The minimum atomic E-state index is -1.46. The molecule has 1 unspecified atom stereocenters. The normalized spacial score (nSPS) is 14.3. The van der Waals surface area contributed by atoms with Gasteiger partial charge in [-0.1, -0.05) is 12.1 Å². The number of aliphatic carboxylic acids is 1. The lowest BCUT2D eigenvalue weighted by Crippen LogP contribution is -2.45. The molecule has 1 aromatic rings. The molecule has 0 saturated carbocycles. The number of halogens is 1. The summed E-state index contributed by atoms with van der Waals surface area (Å²) in [6.45, 7) is 4.94. The Morgan fingerprint density at radius 1 is 1.29 bits per heavy atom. The zero-order valence-electron chi connectivity index (χ0n) is 12.3. The van der Waals surface area contributed by atoms with Crippen molar-refractivity contribution < 1.29 is 23.8 Å². The number of esters is 1. The monoisotopic (exact) mass is 297 g/mol. The first kappa shape index (κ1) is 17.1. The Kier molecular flexibility index (Phi) is 5.43. The number of carbonyl (C=O) groups excluding carboxylic acids is 1. The molecule has 1 rings (SSSR count). The van der Waals surface area contributed by atoms with Gasteiger partial charge in [-0.05, 0) is 44.9 Å². The summed E-state index contributed by atoms with van der Waals surface area (Å²) >= 11 is 0. The molecular weight excluding hydrogens is 277 g/mol. The lowest BCUT2D eigenvalue weighted by molar-refractivity contribution is -0.167. The second-order valence-corrected chi connectivity index (χ2v) is 5.84. The van der Waals surface area contributed by atoms with Gasteiger partial charge in [0.1, 0.15) is 11.4 Å². The van der Waals surface area contributed by atoms with Crippen LogP contribution >= 0.6 is 0 Å². The Balaban J connectivity index is 2.82. The maximum Gasteiger partial charge on any atom is 0.322 e. The molecule has 1 aromatic carbocycles. The SMILES string of the molecule is CC(C)(C)OC(=O)[C@H](C(=O)O)C(N)Cc1ccc(F)cc1. The molecule has 0 heterocycles. The third-order valence-electron chi connectivity index (χ3n) is 2.74. The topological polar surface area (TPSA) is 89.6 Å². The highest BCUT2D eigenvalue weighted by atomic mass is 19.1. The minimum Gasteiger partial charge on any atom is -0.481 e. The van der Waals surface area contributed by atoms with Crippen molar-refractivity contribution in [1.82, 2.24) is 0 Å². The molecule has 0 radical (unpaired) electrons. The average molecular weight is 297 g/mol. The highest BCUT2D eigenvalue weighted by Crippen LogP contribution is 2.16. The summed E-state index contributed by atoms with van der Waals surface area (Å²) in [5, 5.41) is 9.19. The van der Waals surface area contributed by atoms with Crippen LogP contribution in [0.15, 0.2) is 24.3 Å². The van der Waals surface area contributed by atoms with Gasteiger partial charge in [-0.25, -0.2) is 4.39 Å². The summed E-state index contributed by atoms with van der Waals surface area (Å²) in [6.07, 6.45) is 0.135. The average Bonchev–Trinajstić information content (AvgIpc) is 2.29. The Morgan fingerprint density at radius 2 is 1.81 bits per heavy atom. The molecular formula is C15H20FNO4. The number of carbonyl (C=O) groups is 2. The van der Waals surface area contributed by atoms with Crippen molar-refractivity contribution in [2.45, 2.75) is 38.8 Å². The van der Waals surface area contributed by atoms with E-state index in [1.54, 1.807) is 20.8 Å². The van der Waals surface area contributed by atoms with E-state index in [1.807, 2.05) is 0 Å². The van der Waals surface area contributed by atoms with Gasteiger partial charge in [0.25, 0.3) is 0 Å². The Bertz CT molecular complexity index is 507. The van der Waals surface area contributed by atoms with Crippen LogP contribution in [-0.2, 0) is 20.7 Å². The van der Waals surface area contributed by atoms with Crippen LogP contribution in [0.3, 0.4) is 0 Å². The van der Waals surface area contributed by atoms with Gasteiger partial charge < -0.3 is 15.6 Å². The third kappa shape index (κ3) is 5.51. The zero-order chi connectivity index (χ0) is 16.2.